The van der Waals surface area contributed by atoms with Crippen molar-refractivity contribution in [3.05, 3.63) is 81.2 Å². The molecule has 0 radical (unpaired) electrons. The zero-order valence-corrected chi connectivity index (χ0v) is 19.2. The van der Waals surface area contributed by atoms with Gasteiger partial charge in [0, 0.05) is 30.8 Å². The number of nitrogens with zero attached hydrogens (tertiary/aromatic N) is 1. The molecule has 9 heteroatoms. The molecule has 0 saturated heterocycles. The van der Waals surface area contributed by atoms with Crippen LogP contribution in [0.3, 0.4) is 0 Å². The Kier molecular flexibility index (Phi) is 6.34. The molecule has 2 aromatic carbocycles. The van der Waals surface area contributed by atoms with E-state index in [-0.39, 0.29) is 29.8 Å². The Bertz CT molecular complexity index is 1210. The number of halogens is 1. The maximum absolute atomic E-state index is 13.0. The van der Waals surface area contributed by atoms with E-state index in [1.807, 2.05) is 31.2 Å². The van der Waals surface area contributed by atoms with Crippen molar-refractivity contribution in [2.45, 2.75) is 24.2 Å². The standard InChI is InChI=1S/C22H21ClN2O4S2/c1-15-2-4-16(5-3-15)13-24-22(26)17-6-7-19-18(12-17)14-25(10-11-29-19)31(27,28)21-9-8-20(23)30-21/h2-9,12H,10-11,13-14H2,1H3,(H,24,26). The maximum atomic E-state index is 13.0. The molecule has 1 aliphatic heterocycles. The molecule has 4 rings (SSSR count). The van der Waals surface area contributed by atoms with Crippen molar-refractivity contribution >= 4 is 38.9 Å². The molecule has 1 N–H and O–H groups in total. The van der Waals surface area contributed by atoms with Crippen molar-refractivity contribution in [3.63, 3.8) is 0 Å². The van der Waals surface area contributed by atoms with Gasteiger partial charge in [-0.05, 0) is 42.8 Å². The molecular formula is C22H21ClN2O4S2. The van der Waals surface area contributed by atoms with E-state index in [0.29, 0.717) is 27.8 Å². The minimum atomic E-state index is -3.70. The van der Waals surface area contributed by atoms with Gasteiger partial charge in [-0.2, -0.15) is 4.31 Å². The quantitative estimate of drug-likeness (QED) is 0.598. The number of aryl methyl sites for hydroxylation is 1. The highest BCUT2D eigenvalue weighted by atomic mass is 35.5. The number of hydrogen-bond donors (Lipinski definition) is 1. The molecule has 162 valence electrons. The number of benzene rings is 2. The number of ether oxygens (including phenoxy) is 1. The van der Waals surface area contributed by atoms with Crippen LogP contribution in [-0.2, 0) is 23.1 Å². The summed E-state index contributed by atoms with van der Waals surface area (Å²) in [5.74, 6) is 0.351. The Balaban J connectivity index is 1.52. The summed E-state index contributed by atoms with van der Waals surface area (Å²) in [7, 11) is -3.70. The van der Waals surface area contributed by atoms with Gasteiger partial charge in [-0.25, -0.2) is 8.42 Å². The van der Waals surface area contributed by atoms with Crippen LogP contribution in [0.1, 0.15) is 27.0 Å². The van der Waals surface area contributed by atoms with Gasteiger partial charge >= 0.3 is 0 Å². The van der Waals surface area contributed by atoms with Crippen LogP contribution >= 0.6 is 22.9 Å². The van der Waals surface area contributed by atoms with Crippen molar-refractivity contribution in [2.24, 2.45) is 0 Å². The number of hydrogen-bond acceptors (Lipinski definition) is 5. The average molecular weight is 477 g/mol. The third-order valence-corrected chi connectivity index (χ3v) is 8.53. The Hall–Kier alpha value is -2.39. The average Bonchev–Trinajstić information content (AvgIpc) is 3.08. The second-order valence-corrected chi connectivity index (χ2v) is 11.1. The molecular weight excluding hydrogens is 456 g/mol. The van der Waals surface area contributed by atoms with Crippen molar-refractivity contribution in [1.82, 2.24) is 9.62 Å². The van der Waals surface area contributed by atoms with Crippen molar-refractivity contribution in [3.8, 4) is 5.75 Å². The van der Waals surface area contributed by atoms with Crippen LogP contribution in [0, 0.1) is 6.92 Å². The van der Waals surface area contributed by atoms with E-state index in [1.165, 1.54) is 10.4 Å². The summed E-state index contributed by atoms with van der Waals surface area (Å²) in [6.45, 7) is 2.97. The first-order valence-electron chi connectivity index (χ1n) is 9.68. The molecule has 0 spiro atoms. The molecule has 0 fully saturated rings. The number of carbonyl (C=O) groups excluding carboxylic acids is 1. The number of rotatable bonds is 5. The highest BCUT2D eigenvalue weighted by Gasteiger charge is 2.29. The highest BCUT2D eigenvalue weighted by Crippen LogP contribution is 2.31. The fourth-order valence-electron chi connectivity index (χ4n) is 3.27. The second kappa shape index (κ2) is 9.00. The number of nitrogens with one attached hydrogen (secondary N) is 1. The lowest BCUT2D eigenvalue weighted by Gasteiger charge is -2.18. The van der Waals surface area contributed by atoms with E-state index in [1.54, 1.807) is 24.3 Å². The van der Waals surface area contributed by atoms with Gasteiger partial charge in [-0.3, -0.25) is 4.79 Å². The molecule has 6 nitrogen and oxygen atoms in total. The summed E-state index contributed by atoms with van der Waals surface area (Å²) < 4.78 is 33.7. The molecule has 2 heterocycles. The Morgan fingerprint density at radius 2 is 1.94 bits per heavy atom. The monoisotopic (exact) mass is 476 g/mol. The van der Waals surface area contributed by atoms with Gasteiger partial charge < -0.3 is 10.1 Å². The first-order valence-corrected chi connectivity index (χ1v) is 12.3. The third-order valence-electron chi connectivity index (χ3n) is 4.98. The van der Waals surface area contributed by atoms with E-state index in [4.69, 9.17) is 16.3 Å². The normalized spacial score (nSPS) is 14.4. The SMILES string of the molecule is Cc1ccc(CNC(=O)c2ccc3c(c2)CN(S(=O)(=O)c2ccc(Cl)s2)CCO3)cc1. The van der Waals surface area contributed by atoms with Crippen LogP contribution in [0.25, 0.3) is 0 Å². The largest absolute Gasteiger partial charge is 0.492 e. The van der Waals surface area contributed by atoms with E-state index in [9.17, 15) is 13.2 Å². The summed E-state index contributed by atoms with van der Waals surface area (Å²) in [4.78, 5) is 12.7. The van der Waals surface area contributed by atoms with Crippen LogP contribution in [0.4, 0.5) is 0 Å². The van der Waals surface area contributed by atoms with E-state index in [0.717, 1.165) is 22.5 Å². The summed E-state index contributed by atoms with van der Waals surface area (Å²) in [5, 5.41) is 2.90. The fourth-order valence-corrected chi connectivity index (χ4v) is 6.31. The Morgan fingerprint density at radius 1 is 1.16 bits per heavy atom. The van der Waals surface area contributed by atoms with E-state index in [2.05, 4.69) is 5.32 Å². The zero-order valence-electron chi connectivity index (χ0n) is 16.8. The van der Waals surface area contributed by atoms with Crippen molar-refractivity contribution in [2.75, 3.05) is 13.2 Å². The lowest BCUT2D eigenvalue weighted by atomic mass is 10.1. The van der Waals surface area contributed by atoms with Crippen LogP contribution < -0.4 is 10.1 Å². The molecule has 0 aliphatic carbocycles. The molecule has 31 heavy (non-hydrogen) atoms. The summed E-state index contributed by atoms with van der Waals surface area (Å²) in [6, 6.07) is 16.1. The molecule has 1 aromatic heterocycles. The Labute approximate surface area is 190 Å². The third kappa shape index (κ3) is 4.93. The number of fused-ring (bicyclic) bond motifs is 1. The maximum Gasteiger partial charge on any atom is 0.253 e. The lowest BCUT2D eigenvalue weighted by molar-refractivity contribution is 0.0950. The predicted molar refractivity (Wildman–Crippen MR) is 121 cm³/mol. The first-order chi connectivity index (χ1) is 14.8. The minimum absolute atomic E-state index is 0.117. The predicted octanol–water partition coefficient (Wildman–Crippen LogP) is 4.22. The molecule has 1 aliphatic rings. The molecule has 0 unspecified atom stereocenters. The highest BCUT2D eigenvalue weighted by molar-refractivity contribution is 7.91. The lowest BCUT2D eigenvalue weighted by Crippen LogP contribution is -2.32. The summed E-state index contributed by atoms with van der Waals surface area (Å²) >= 11 is 6.94. The minimum Gasteiger partial charge on any atom is -0.492 e. The van der Waals surface area contributed by atoms with Crippen LogP contribution in [-0.4, -0.2) is 31.8 Å². The summed E-state index contributed by atoms with van der Waals surface area (Å²) in [6.07, 6.45) is 0. The Morgan fingerprint density at radius 3 is 2.65 bits per heavy atom. The fraction of sp³-hybridized carbons (Fsp3) is 0.227. The molecule has 0 atom stereocenters. The van der Waals surface area contributed by atoms with Crippen molar-refractivity contribution in [1.29, 1.82) is 0 Å². The van der Waals surface area contributed by atoms with Gasteiger partial charge in [0.2, 0.25) is 0 Å². The van der Waals surface area contributed by atoms with Gasteiger partial charge in [0.15, 0.2) is 0 Å². The number of carbonyl (C=O) groups is 1. The van der Waals surface area contributed by atoms with E-state index >= 15 is 0 Å². The van der Waals surface area contributed by atoms with E-state index < -0.39 is 10.0 Å². The van der Waals surface area contributed by atoms with Gasteiger partial charge in [0.1, 0.15) is 16.6 Å². The van der Waals surface area contributed by atoms with Crippen LogP contribution in [0.15, 0.2) is 58.8 Å². The van der Waals surface area contributed by atoms with Crippen LogP contribution in [0.2, 0.25) is 4.34 Å². The van der Waals surface area contributed by atoms with Crippen LogP contribution in [0.5, 0.6) is 5.75 Å². The van der Waals surface area contributed by atoms with Gasteiger partial charge in [0.25, 0.3) is 15.9 Å². The van der Waals surface area contributed by atoms with Gasteiger partial charge in [0.05, 0.1) is 4.34 Å². The van der Waals surface area contributed by atoms with Gasteiger partial charge in [-0.1, -0.05) is 41.4 Å². The molecule has 1 amide bonds. The number of sulfonamides is 1. The smallest absolute Gasteiger partial charge is 0.253 e. The topological polar surface area (TPSA) is 75.7 Å². The summed E-state index contributed by atoms with van der Waals surface area (Å²) in [5.41, 5.74) is 3.26. The van der Waals surface area contributed by atoms with Crippen molar-refractivity contribution < 1.29 is 17.9 Å². The molecule has 3 aromatic rings. The second-order valence-electron chi connectivity index (χ2n) is 7.24. The molecule has 0 bridgehead atoms. The van der Waals surface area contributed by atoms with Gasteiger partial charge in [-0.15, -0.1) is 11.3 Å². The number of amides is 1. The first kappa shape index (κ1) is 21.8. The number of thiophene rings is 1. The zero-order chi connectivity index (χ0) is 22.0. The molecule has 0 saturated carbocycles.